The molecular formula is C14H24N2O5. The molecule has 0 heterocycles. The fraction of sp³-hybridized carbons (Fsp3) is 0.714. The van der Waals surface area contributed by atoms with Gasteiger partial charge in [-0.05, 0) is 12.8 Å². The van der Waals surface area contributed by atoms with Crippen molar-refractivity contribution in [1.29, 1.82) is 0 Å². The van der Waals surface area contributed by atoms with E-state index in [1.54, 1.807) is 0 Å². The first kappa shape index (κ1) is 19.2. The van der Waals surface area contributed by atoms with Crippen molar-refractivity contribution in [2.24, 2.45) is 17.6 Å². The highest BCUT2D eigenvalue weighted by atomic mass is 16.4. The molecule has 21 heavy (non-hydrogen) atoms. The second-order valence-corrected chi connectivity index (χ2v) is 5.62. The summed E-state index contributed by atoms with van der Waals surface area (Å²) in [7, 11) is 0. The third-order valence-electron chi connectivity index (χ3n) is 3.17. The summed E-state index contributed by atoms with van der Waals surface area (Å²) in [5, 5.41) is 11.2. The quantitative estimate of drug-likeness (QED) is 0.555. The Balaban J connectivity index is 4.54. The van der Waals surface area contributed by atoms with Crippen molar-refractivity contribution in [2.45, 2.75) is 52.6 Å². The standard InChI is InChI=1S/C14H24N2O5/c1-7(2)13(9(4)17)16-14(21)8(3)5-11(18)10(15)6-12(19)20/h7-8,10,13H,5-6,15H2,1-4H3,(H,16,21)(H,19,20)/t8-,10+,13+/m1/s1. The Hall–Kier alpha value is -1.76. The first-order valence-electron chi connectivity index (χ1n) is 6.87. The van der Waals surface area contributed by atoms with Crippen LogP contribution in [0.15, 0.2) is 0 Å². The molecule has 0 rings (SSSR count). The van der Waals surface area contributed by atoms with Crippen LogP contribution in [0, 0.1) is 11.8 Å². The summed E-state index contributed by atoms with van der Waals surface area (Å²) in [5.41, 5.74) is 5.45. The summed E-state index contributed by atoms with van der Waals surface area (Å²) in [6, 6.07) is -1.71. The van der Waals surface area contributed by atoms with Crippen LogP contribution in [-0.4, -0.2) is 40.6 Å². The van der Waals surface area contributed by atoms with Crippen LogP contribution in [0.1, 0.15) is 40.5 Å². The highest BCUT2D eigenvalue weighted by Gasteiger charge is 2.26. The predicted octanol–water partition coefficient (Wildman–Crippen LogP) is 0.114. The molecule has 0 aromatic carbocycles. The van der Waals surface area contributed by atoms with Gasteiger partial charge in [-0.15, -0.1) is 0 Å². The van der Waals surface area contributed by atoms with Gasteiger partial charge in [0.25, 0.3) is 0 Å². The summed E-state index contributed by atoms with van der Waals surface area (Å²) in [5.74, 6) is -2.94. The maximum atomic E-state index is 12.0. The molecule has 1 amide bonds. The number of amides is 1. The maximum absolute atomic E-state index is 12.0. The van der Waals surface area contributed by atoms with Crippen LogP contribution < -0.4 is 11.1 Å². The average Bonchev–Trinajstić information content (AvgIpc) is 2.33. The summed E-state index contributed by atoms with van der Waals surface area (Å²) in [4.78, 5) is 45.6. The Bertz CT molecular complexity index is 420. The van der Waals surface area contributed by atoms with E-state index in [-0.39, 0.29) is 18.1 Å². The summed E-state index contributed by atoms with van der Waals surface area (Å²) in [6.45, 7) is 6.55. The molecule has 0 saturated carbocycles. The predicted molar refractivity (Wildman–Crippen MR) is 76.5 cm³/mol. The van der Waals surface area contributed by atoms with Crippen molar-refractivity contribution >= 4 is 23.4 Å². The molecule has 0 bridgehead atoms. The van der Waals surface area contributed by atoms with Crippen molar-refractivity contribution < 1.29 is 24.3 Å². The summed E-state index contributed by atoms with van der Waals surface area (Å²) >= 11 is 0. The largest absolute Gasteiger partial charge is 0.481 e. The first-order valence-corrected chi connectivity index (χ1v) is 6.87. The SMILES string of the molecule is CC(=O)[C@@H](NC(=O)[C@H](C)CC(=O)[C@@H](N)CC(=O)O)C(C)C. The van der Waals surface area contributed by atoms with Gasteiger partial charge in [0.15, 0.2) is 11.6 Å². The third-order valence-corrected chi connectivity index (χ3v) is 3.17. The van der Waals surface area contributed by atoms with Crippen LogP contribution in [0.2, 0.25) is 0 Å². The smallest absolute Gasteiger partial charge is 0.305 e. The van der Waals surface area contributed by atoms with E-state index in [0.29, 0.717) is 0 Å². The highest BCUT2D eigenvalue weighted by molar-refractivity contribution is 5.93. The Morgan fingerprint density at radius 1 is 1.10 bits per heavy atom. The number of hydrogen-bond acceptors (Lipinski definition) is 5. The molecule has 120 valence electrons. The number of aliphatic carboxylic acids is 1. The molecule has 0 aliphatic rings. The minimum Gasteiger partial charge on any atom is -0.481 e. The molecule has 7 nitrogen and oxygen atoms in total. The Kier molecular flexibility index (Phi) is 7.80. The van der Waals surface area contributed by atoms with Gasteiger partial charge in [-0.3, -0.25) is 19.2 Å². The Morgan fingerprint density at radius 2 is 1.62 bits per heavy atom. The second-order valence-electron chi connectivity index (χ2n) is 5.62. The normalized spacial score (nSPS) is 15.1. The lowest BCUT2D eigenvalue weighted by Crippen LogP contribution is -2.46. The lowest BCUT2D eigenvalue weighted by atomic mass is 9.96. The number of nitrogens with two attached hydrogens (primary N) is 1. The zero-order valence-electron chi connectivity index (χ0n) is 12.9. The number of ketones is 2. The third kappa shape index (κ3) is 6.99. The van der Waals surface area contributed by atoms with Crippen LogP contribution in [0.4, 0.5) is 0 Å². The van der Waals surface area contributed by atoms with Gasteiger partial charge in [0.05, 0.1) is 18.5 Å². The Labute approximate surface area is 124 Å². The fourth-order valence-electron chi connectivity index (χ4n) is 1.88. The van der Waals surface area contributed by atoms with Gasteiger partial charge >= 0.3 is 5.97 Å². The minimum atomic E-state index is -1.16. The molecule has 0 radical (unpaired) electrons. The topological polar surface area (TPSA) is 127 Å². The molecule has 0 spiro atoms. The monoisotopic (exact) mass is 300 g/mol. The van der Waals surface area contributed by atoms with Crippen LogP contribution in [0.5, 0.6) is 0 Å². The van der Waals surface area contributed by atoms with E-state index in [4.69, 9.17) is 10.8 Å². The molecular weight excluding hydrogens is 276 g/mol. The van der Waals surface area contributed by atoms with Gasteiger partial charge in [-0.25, -0.2) is 0 Å². The van der Waals surface area contributed by atoms with E-state index < -0.39 is 42.1 Å². The second kappa shape index (κ2) is 8.51. The molecule has 0 aromatic heterocycles. The molecule has 3 atom stereocenters. The Morgan fingerprint density at radius 3 is 2.00 bits per heavy atom. The maximum Gasteiger partial charge on any atom is 0.305 e. The van der Waals surface area contributed by atoms with E-state index in [1.807, 2.05) is 13.8 Å². The zero-order valence-corrected chi connectivity index (χ0v) is 12.9. The van der Waals surface area contributed by atoms with Crippen LogP contribution in [0.25, 0.3) is 0 Å². The van der Waals surface area contributed by atoms with E-state index in [2.05, 4.69) is 5.32 Å². The molecule has 0 aliphatic carbocycles. The van der Waals surface area contributed by atoms with Gasteiger partial charge in [0.1, 0.15) is 0 Å². The summed E-state index contributed by atoms with van der Waals surface area (Å²) in [6.07, 6.45) is -0.613. The zero-order chi connectivity index (χ0) is 16.7. The number of rotatable bonds is 9. The molecule has 7 heteroatoms. The van der Waals surface area contributed by atoms with E-state index in [9.17, 15) is 19.2 Å². The van der Waals surface area contributed by atoms with Crippen LogP contribution >= 0.6 is 0 Å². The highest BCUT2D eigenvalue weighted by Crippen LogP contribution is 2.09. The van der Waals surface area contributed by atoms with Gasteiger partial charge < -0.3 is 16.2 Å². The van der Waals surface area contributed by atoms with Gasteiger partial charge in [0.2, 0.25) is 5.91 Å². The minimum absolute atomic E-state index is 0.0522. The first-order chi connectivity index (χ1) is 9.56. The van der Waals surface area contributed by atoms with E-state index >= 15 is 0 Å². The van der Waals surface area contributed by atoms with Crippen molar-refractivity contribution in [2.75, 3.05) is 0 Å². The van der Waals surface area contributed by atoms with Gasteiger partial charge in [0, 0.05) is 12.3 Å². The lowest BCUT2D eigenvalue weighted by molar-refractivity contribution is -0.139. The van der Waals surface area contributed by atoms with Crippen molar-refractivity contribution in [3.8, 4) is 0 Å². The molecule has 0 unspecified atom stereocenters. The lowest BCUT2D eigenvalue weighted by Gasteiger charge is -2.22. The number of carboxylic acid groups (broad SMARTS) is 1. The number of carboxylic acids is 1. The number of hydrogen-bond donors (Lipinski definition) is 3. The van der Waals surface area contributed by atoms with E-state index in [0.717, 1.165) is 0 Å². The molecule has 4 N–H and O–H groups in total. The fourth-order valence-corrected chi connectivity index (χ4v) is 1.88. The average molecular weight is 300 g/mol. The van der Waals surface area contributed by atoms with Gasteiger partial charge in [-0.2, -0.15) is 0 Å². The number of carbonyl (C=O) groups is 4. The van der Waals surface area contributed by atoms with Crippen molar-refractivity contribution in [3.63, 3.8) is 0 Å². The number of Topliss-reactive ketones (excluding diaryl/α,β-unsaturated/α-hetero) is 2. The molecule has 0 aromatic rings. The van der Waals surface area contributed by atoms with Crippen LogP contribution in [-0.2, 0) is 19.2 Å². The summed E-state index contributed by atoms with van der Waals surface area (Å²) < 4.78 is 0. The van der Waals surface area contributed by atoms with Crippen molar-refractivity contribution in [3.05, 3.63) is 0 Å². The molecule has 0 aliphatic heterocycles. The number of carbonyl (C=O) groups excluding carboxylic acids is 3. The molecule has 0 fully saturated rings. The van der Waals surface area contributed by atoms with Crippen LogP contribution in [0.3, 0.4) is 0 Å². The van der Waals surface area contributed by atoms with Gasteiger partial charge in [-0.1, -0.05) is 20.8 Å². The van der Waals surface area contributed by atoms with Crippen molar-refractivity contribution in [1.82, 2.24) is 5.32 Å². The number of nitrogens with one attached hydrogen (secondary N) is 1. The van der Waals surface area contributed by atoms with E-state index in [1.165, 1.54) is 13.8 Å². The molecule has 0 saturated heterocycles.